The highest BCUT2D eigenvalue weighted by Crippen LogP contribution is 2.45. The van der Waals surface area contributed by atoms with Gasteiger partial charge in [-0.25, -0.2) is 4.79 Å². The summed E-state index contributed by atoms with van der Waals surface area (Å²) in [7, 11) is 0. The van der Waals surface area contributed by atoms with Gasteiger partial charge in [0.05, 0.1) is 11.3 Å². The van der Waals surface area contributed by atoms with Crippen LogP contribution in [-0.2, 0) is 15.6 Å². The molecule has 4 nitrogen and oxygen atoms in total. The number of fused-ring (bicyclic) bond motifs is 1. The third kappa shape index (κ3) is 4.01. The largest absolute Gasteiger partial charge is 0.478 e. The average molecular weight is 377 g/mol. The molecule has 0 saturated carbocycles. The fourth-order valence-corrected chi connectivity index (χ4v) is 3.83. The van der Waals surface area contributed by atoms with Gasteiger partial charge in [0, 0.05) is 6.08 Å². The van der Waals surface area contributed by atoms with Crippen molar-refractivity contribution in [2.45, 2.75) is 51.4 Å². The Morgan fingerprint density at radius 2 is 1.61 bits per heavy atom. The van der Waals surface area contributed by atoms with Crippen molar-refractivity contribution < 1.29 is 14.7 Å². The van der Waals surface area contributed by atoms with Gasteiger partial charge in [-0.3, -0.25) is 4.79 Å². The number of carbonyl (C=O) groups is 2. The van der Waals surface area contributed by atoms with Gasteiger partial charge in [-0.05, 0) is 58.6 Å². The van der Waals surface area contributed by atoms with E-state index in [0.29, 0.717) is 0 Å². The Kier molecular flexibility index (Phi) is 5.16. The third-order valence-corrected chi connectivity index (χ3v) is 5.72. The second kappa shape index (κ2) is 7.27. The minimum Gasteiger partial charge on any atom is -0.478 e. The summed E-state index contributed by atoms with van der Waals surface area (Å²) < 4.78 is 0. The number of carboxylic acid groups (broad SMARTS) is 1. The fourth-order valence-electron chi connectivity index (χ4n) is 3.83. The van der Waals surface area contributed by atoms with E-state index in [4.69, 9.17) is 0 Å². The van der Waals surface area contributed by atoms with Gasteiger partial charge in [0.2, 0.25) is 5.91 Å². The molecule has 0 radical (unpaired) electrons. The average Bonchev–Trinajstić information content (AvgIpc) is 2.64. The normalized spacial score (nSPS) is 17.1. The van der Waals surface area contributed by atoms with Crippen LogP contribution in [0.3, 0.4) is 0 Å². The van der Waals surface area contributed by atoms with Gasteiger partial charge in [0.25, 0.3) is 0 Å². The van der Waals surface area contributed by atoms with Crippen LogP contribution >= 0.6 is 0 Å². The molecule has 0 saturated heterocycles. The topological polar surface area (TPSA) is 66.4 Å². The number of hydrogen-bond donors (Lipinski definition) is 2. The lowest BCUT2D eigenvalue weighted by Gasteiger charge is -2.42. The van der Waals surface area contributed by atoms with Gasteiger partial charge in [-0.1, -0.05) is 58.0 Å². The Hall–Kier alpha value is -2.88. The first kappa shape index (κ1) is 19.9. The minimum absolute atomic E-state index is 0.0713. The molecule has 0 heterocycles. The predicted octanol–water partition coefficient (Wildman–Crippen LogP) is 5.39. The zero-order chi connectivity index (χ0) is 20.5. The van der Waals surface area contributed by atoms with Gasteiger partial charge < -0.3 is 10.4 Å². The molecular weight excluding hydrogens is 350 g/mol. The summed E-state index contributed by atoms with van der Waals surface area (Å²) >= 11 is 0. The van der Waals surface area contributed by atoms with E-state index in [1.165, 1.54) is 23.3 Å². The third-order valence-electron chi connectivity index (χ3n) is 5.72. The van der Waals surface area contributed by atoms with Crippen molar-refractivity contribution in [1.82, 2.24) is 0 Å². The van der Waals surface area contributed by atoms with Gasteiger partial charge in [-0.15, -0.1) is 0 Å². The van der Waals surface area contributed by atoms with E-state index in [1.807, 2.05) is 6.07 Å². The van der Waals surface area contributed by atoms with Crippen molar-refractivity contribution in [3.05, 3.63) is 70.8 Å². The summed E-state index contributed by atoms with van der Waals surface area (Å²) in [4.78, 5) is 23.6. The number of rotatable bonds is 4. The Labute approximate surface area is 166 Å². The monoisotopic (exact) mass is 377 g/mol. The van der Waals surface area contributed by atoms with Crippen molar-refractivity contribution >= 4 is 23.6 Å². The lowest BCUT2D eigenvalue weighted by molar-refractivity contribution is -0.111. The fraction of sp³-hybridized carbons (Fsp3) is 0.333. The summed E-state index contributed by atoms with van der Waals surface area (Å²) in [6, 6.07) is 12.8. The molecule has 0 aromatic heterocycles. The molecule has 2 aromatic carbocycles. The number of carbonyl (C=O) groups excluding carboxylic acids is 1. The van der Waals surface area contributed by atoms with Crippen LogP contribution in [0.2, 0.25) is 0 Å². The Balaban J connectivity index is 1.82. The number of carboxylic acids is 1. The Bertz CT molecular complexity index is 954. The number of benzene rings is 2. The van der Waals surface area contributed by atoms with Gasteiger partial charge in [0.1, 0.15) is 0 Å². The van der Waals surface area contributed by atoms with Crippen molar-refractivity contribution in [3.63, 3.8) is 0 Å². The van der Waals surface area contributed by atoms with E-state index in [9.17, 15) is 14.7 Å². The molecule has 0 spiro atoms. The second-order valence-corrected chi connectivity index (χ2v) is 8.75. The molecule has 146 valence electrons. The first-order valence-electron chi connectivity index (χ1n) is 9.57. The summed E-state index contributed by atoms with van der Waals surface area (Å²) in [5, 5.41) is 11.9. The van der Waals surface area contributed by atoms with Gasteiger partial charge >= 0.3 is 5.97 Å². The van der Waals surface area contributed by atoms with Crippen LogP contribution in [0.25, 0.3) is 6.08 Å². The van der Waals surface area contributed by atoms with Crippen molar-refractivity contribution in [2.24, 2.45) is 0 Å². The maximum atomic E-state index is 12.3. The van der Waals surface area contributed by atoms with E-state index in [0.717, 1.165) is 18.4 Å². The first-order valence-corrected chi connectivity index (χ1v) is 9.57. The standard InChI is InChI=1S/C24H27NO3/c1-23(2)13-14-24(3,4)19-15-16(9-11-18(19)23)10-12-21(26)25-20-8-6-5-7-17(20)22(27)28/h5-12,15H,13-14H2,1-4H3,(H,25,26)(H,27,28). The molecule has 2 aromatic rings. The summed E-state index contributed by atoms with van der Waals surface area (Å²) in [6.07, 6.45) is 5.51. The van der Waals surface area contributed by atoms with Crippen LogP contribution < -0.4 is 5.32 Å². The number of nitrogens with one attached hydrogen (secondary N) is 1. The lowest BCUT2D eigenvalue weighted by Crippen LogP contribution is -2.33. The number of anilines is 1. The summed E-state index contributed by atoms with van der Waals surface area (Å²) in [5.41, 5.74) is 4.30. The molecule has 1 aliphatic carbocycles. The predicted molar refractivity (Wildman–Crippen MR) is 113 cm³/mol. The molecule has 3 rings (SSSR count). The first-order chi connectivity index (χ1) is 13.1. The van der Waals surface area contributed by atoms with Crippen LogP contribution in [0.5, 0.6) is 0 Å². The Morgan fingerprint density at radius 1 is 0.964 bits per heavy atom. The zero-order valence-electron chi connectivity index (χ0n) is 16.9. The molecule has 0 unspecified atom stereocenters. The van der Waals surface area contributed by atoms with Gasteiger partial charge in [0.15, 0.2) is 0 Å². The number of amides is 1. The van der Waals surface area contributed by atoms with Crippen molar-refractivity contribution in [1.29, 1.82) is 0 Å². The number of para-hydroxylation sites is 1. The van der Waals surface area contributed by atoms with E-state index >= 15 is 0 Å². The smallest absolute Gasteiger partial charge is 0.337 e. The number of hydrogen-bond acceptors (Lipinski definition) is 2. The molecular formula is C24H27NO3. The highest BCUT2D eigenvalue weighted by molar-refractivity contribution is 6.06. The van der Waals surface area contributed by atoms with Crippen LogP contribution in [0, 0.1) is 0 Å². The van der Waals surface area contributed by atoms with E-state index < -0.39 is 5.97 Å². The molecule has 0 bridgehead atoms. The maximum Gasteiger partial charge on any atom is 0.337 e. The van der Waals surface area contributed by atoms with E-state index in [-0.39, 0.29) is 28.0 Å². The van der Waals surface area contributed by atoms with Crippen molar-refractivity contribution in [2.75, 3.05) is 5.32 Å². The molecule has 0 atom stereocenters. The second-order valence-electron chi connectivity index (χ2n) is 8.75. The van der Waals surface area contributed by atoms with Gasteiger partial charge in [-0.2, -0.15) is 0 Å². The van der Waals surface area contributed by atoms with Crippen molar-refractivity contribution in [3.8, 4) is 0 Å². The molecule has 4 heteroatoms. The van der Waals surface area contributed by atoms with E-state index in [2.05, 4.69) is 45.1 Å². The minimum atomic E-state index is -1.07. The number of aromatic carboxylic acids is 1. The molecule has 0 aliphatic heterocycles. The van der Waals surface area contributed by atoms with Crippen LogP contribution in [0.15, 0.2) is 48.5 Å². The quantitative estimate of drug-likeness (QED) is 0.703. The highest BCUT2D eigenvalue weighted by Gasteiger charge is 2.36. The molecule has 1 amide bonds. The summed E-state index contributed by atoms with van der Waals surface area (Å²) in [6.45, 7) is 9.10. The van der Waals surface area contributed by atoms with Crippen LogP contribution in [-0.4, -0.2) is 17.0 Å². The van der Waals surface area contributed by atoms with Crippen LogP contribution in [0.4, 0.5) is 5.69 Å². The van der Waals surface area contributed by atoms with E-state index in [1.54, 1.807) is 24.3 Å². The molecule has 28 heavy (non-hydrogen) atoms. The Morgan fingerprint density at radius 3 is 2.29 bits per heavy atom. The molecule has 2 N–H and O–H groups in total. The zero-order valence-corrected chi connectivity index (χ0v) is 16.9. The summed E-state index contributed by atoms with van der Waals surface area (Å²) in [5.74, 6) is -1.43. The maximum absolute atomic E-state index is 12.3. The highest BCUT2D eigenvalue weighted by atomic mass is 16.4. The SMILES string of the molecule is CC1(C)CCC(C)(C)c2cc(C=CC(=O)Nc3ccccc3C(=O)O)ccc21. The lowest BCUT2D eigenvalue weighted by atomic mass is 9.63. The molecule has 1 aliphatic rings. The van der Waals surface area contributed by atoms with Crippen LogP contribution in [0.1, 0.15) is 67.6 Å². The molecule has 0 fully saturated rings.